The van der Waals surface area contributed by atoms with Gasteiger partial charge < -0.3 is 25.6 Å². The van der Waals surface area contributed by atoms with Gasteiger partial charge in [0.25, 0.3) is 5.91 Å². The van der Waals surface area contributed by atoms with Crippen molar-refractivity contribution in [1.82, 2.24) is 4.98 Å². The van der Waals surface area contributed by atoms with E-state index in [1.165, 1.54) is 0 Å². The lowest BCUT2D eigenvalue weighted by Crippen LogP contribution is -2.23. The Kier molecular flexibility index (Phi) is 5.30. The number of fused-ring (bicyclic) bond motifs is 2. The summed E-state index contributed by atoms with van der Waals surface area (Å²) < 4.78 is 6.39. The van der Waals surface area contributed by atoms with Crippen LogP contribution in [-0.4, -0.2) is 40.4 Å². The highest BCUT2D eigenvalue weighted by Gasteiger charge is 2.39. The molecule has 0 bridgehead atoms. The maximum atomic E-state index is 12.9. The van der Waals surface area contributed by atoms with Crippen LogP contribution in [0.15, 0.2) is 60.8 Å². The van der Waals surface area contributed by atoms with Crippen molar-refractivity contribution in [3.05, 3.63) is 88.1 Å². The molecule has 2 aromatic carbocycles. The van der Waals surface area contributed by atoms with E-state index >= 15 is 0 Å². The minimum Gasteiger partial charge on any atom is -0.479 e. The highest BCUT2D eigenvalue weighted by atomic mass is 35.5. The number of nitrogens with one attached hydrogen (secondary N) is 2. The number of amides is 1. The van der Waals surface area contributed by atoms with Crippen molar-refractivity contribution in [3.8, 4) is 0 Å². The van der Waals surface area contributed by atoms with E-state index in [-0.39, 0.29) is 19.1 Å². The molecule has 0 radical (unpaired) electrons. The van der Waals surface area contributed by atoms with E-state index in [9.17, 15) is 9.90 Å². The molecule has 0 aliphatic carbocycles. The number of aromatic nitrogens is 1. The number of hydrogen-bond donors (Lipinski definition) is 4. The number of benzene rings is 2. The molecule has 0 fully saturated rings. The van der Waals surface area contributed by atoms with E-state index in [0.717, 1.165) is 16.8 Å². The minimum atomic E-state index is -0.946. The van der Waals surface area contributed by atoms with Crippen LogP contribution in [0.1, 0.15) is 28.4 Å². The predicted octanol–water partition coefficient (Wildman–Crippen LogP) is 3.44. The molecule has 2 unspecified atom stereocenters. The van der Waals surface area contributed by atoms with Crippen molar-refractivity contribution in [2.45, 2.75) is 12.2 Å². The molecule has 0 saturated heterocycles. The van der Waals surface area contributed by atoms with E-state index < -0.39 is 12.2 Å². The Labute approximate surface area is 189 Å². The fourth-order valence-corrected chi connectivity index (χ4v) is 4.30. The van der Waals surface area contributed by atoms with Crippen molar-refractivity contribution < 1.29 is 19.7 Å². The van der Waals surface area contributed by atoms with E-state index in [2.05, 4.69) is 15.6 Å². The number of carbonyl (C=O) groups is 1. The van der Waals surface area contributed by atoms with Gasteiger partial charge in [-0.05, 0) is 11.6 Å². The fraction of sp³-hybridized carbons (Fsp3) is 0.167. The molecule has 7 nitrogen and oxygen atoms in total. The number of ether oxygens (including phenoxy) is 1. The summed E-state index contributed by atoms with van der Waals surface area (Å²) in [5, 5.41) is 25.0. The zero-order valence-electron chi connectivity index (χ0n) is 16.9. The number of nitrogens with zero attached hydrogens (tertiary/aromatic N) is 1. The number of hydrogen-bond acceptors (Lipinski definition) is 6. The molecule has 2 atom stereocenters. The van der Waals surface area contributed by atoms with E-state index in [1.54, 1.807) is 6.20 Å². The van der Waals surface area contributed by atoms with Gasteiger partial charge in [-0.2, -0.15) is 0 Å². The van der Waals surface area contributed by atoms with Gasteiger partial charge in [0.05, 0.1) is 23.3 Å². The van der Waals surface area contributed by atoms with Crippen molar-refractivity contribution in [2.75, 3.05) is 23.8 Å². The van der Waals surface area contributed by atoms with Crippen molar-refractivity contribution in [1.29, 1.82) is 0 Å². The molecule has 3 aromatic rings. The number of carbonyl (C=O) groups excluding carboxylic acids is 1. The van der Waals surface area contributed by atoms with Gasteiger partial charge in [0.15, 0.2) is 6.10 Å². The monoisotopic (exact) mass is 449 g/mol. The number of pyridine rings is 1. The summed E-state index contributed by atoms with van der Waals surface area (Å²) in [7, 11) is 0. The van der Waals surface area contributed by atoms with Gasteiger partial charge in [-0.1, -0.05) is 60.1 Å². The smallest absolute Gasteiger partial charge is 0.260 e. The maximum Gasteiger partial charge on any atom is 0.260 e. The number of para-hydroxylation sites is 1. The Balaban J connectivity index is 1.67. The number of anilines is 2. The molecule has 5 rings (SSSR count). The molecule has 0 saturated carbocycles. The molecule has 4 N–H and O–H groups in total. The van der Waals surface area contributed by atoms with E-state index in [0.29, 0.717) is 33.3 Å². The summed E-state index contributed by atoms with van der Waals surface area (Å²) in [5.74, 6) is 0.544. The van der Waals surface area contributed by atoms with Crippen LogP contribution < -0.4 is 10.6 Å². The molecule has 0 spiro atoms. The van der Waals surface area contributed by atoms with Gasteiger partial charge in [0, 0.05) is 35.1 Å². The first-order valence-electron chi connectivity index (χ1n) is 10.2. The number of aliphatic hydroxyl groups is 2. The summed E-state index contributed by atoms with van der Waals surface area (Å²) in [6.45, 7) is -0.293. The van der Waals surface area contributed by atoms with Crippen molar-refractivity contribution >= 4 is 40.3 Å². The molecule has 1 amide bonds. The summed E-state index contributed by atoms with van der Waals surface area (Å²) in [4.78, 5) is 17.3. The Hall–Kier alpha value is -3.39. The Morgan fingerprint density at radius 1 is 1.12 bits per heavy atom. The first kappa shape index (κ1) is 20.5. The molecule has 162 valence electrons. The second kappa shape index (κ2) is 8.27. The lowest BCUT2D eigenvalue weighted by Gasteiger charge is -2.16. The van der Waals surface area contributed by atoms with Crippen LogP contribution in [0.5, 0.6) is 0 Å². The molecule has 2 aliphatic heterocycles. The van der Waals surface area contributed by atoms with Gasteiger partial charge in [0.2, 0.25) is 0 Å². The summed E-state index contributed by atoms with van der Waals surface area (Å²) in [6, 6.07) is 17.0. The topological polar surface area (TPSA) is 104 Å². The van der Waals surface area contributed by atoms with Crippen molar-refractivity contribution in [2.24, 2.45) is 0 Å². The van der Waals surface area contributed by atoms with Gasteiger partial charge in [-0.15, -0.1) is 0 Å². The molecule has 8 heteroatoms. The minimum absolute atomic E-state index is 0.0859. The highest BCUT2D eigenvalue weighted by Crippen LogP contribution is 2.50. The Morgan fingerprint density at radius 2 is 1.88 bits per heavy atom. The molecular formula is C24H20ClN3O4. The van der Waals surface area contributed by atoms with Gasteiger partial charge in [0.1, 0.15) is 11.6 Å². The average molecular weight is 450 g/mol. The largest absolute Gasteiger partial charge is 0.479 e. The second-order valence-electron chi connectivity index (χ2n) is 7.58. The fourth-order valence-electron chi connectivity index (χ4n) is 3.98. The Morgan fingerprint density at radius 3 is 2.66 bits per heavy atom. The third kappa shape index (κ3) is 3.40. The van der Waals surface area contributed by atoms with E-state index in [4.69, 9.17) is 21.4 Å². The maximum absolute atomic E-state index is 12.9. The van der Waals surface area contributed by atoms with Crippen LogP contribution in [-0.2, 0) is 9.53 Å². The third-order valence-electron chi connectivity index (χ3n) is 5.52. The zero-order valence-corrected chi connectivity index (χ0v) is 17.6. The van der Waals surface area contributed by atoms with Crippen LogP contribution in [0.2, 0.25) is 5.02 Å². The van der Waals surface area contributed by atoms with Crippen molar-refractivity contribution in [3.63, 3.8) is 0 Å². The standard InChI is InChI=1S/C24H20ClN3O4/c25-20-18-16(11-27-23(20)26-10-14(30)12-29)22(32-21(18)13-6-2-1-3-7-13)19-15-8-4-5-9-17(15)28-24(19)31/h1-9,11,14,21,29-30H,10,12H2,(H,26,27)(H,28,31). The molecule has 1 aromatic heterocycles. The first-order chi connectivity index (χ1) is 15.6. The molecular weight excluding hydrogens is 430 g/mol. The highest BCUT2D eigenvalue weighted by molar-refractivity contribution is 6.37. The van der Waals surface area contributed by atoms with Gasteiger partial charge >= 0.3 is 0 Å². The third-order valence-corrected chi connectivity index (χ3v) is 5.90. The molecule has 2 aliphatic rings. The van der Waals surface area contributed by atoms with Crippen LogP contribution in [0.4, 0.5) is 11.5 Å². The van der Waals surface area contributed by atoms with Crippen LogP contribution in [0.25, 0.3) is 11.3 Å². The number of aliphatic hydroxyl groups excluding tert-OH is 2. The SMILES string of the molecule is O=C1Nc2ccccc2C1=C1OC(c2ccccc2)c2c1cnc(NCC(O)CO)c2Cl. The quantitative estimate of drug-likeness (QED) is 0.445. The normalized spacial score (nSPS) is 19.7. The van der Waals surface area contributed by atoms with Gasteiger partial charge in [-0.25, -0.2) is 4.98 Å². The number of halogens is 1. The lowest BCUT2D eigenvalue weighted by atomic mass is 9.97. The molecule has 3 heterocycles. The summed E-state index contributed by atoms with van der Waals surface area (Å²) >= 11 is 6.76. The van der Waals surface area contributed by atoms with Crippen LogP contribution >= 0.6 is 11.6 Å². The summed E-state index contributed by atoms with van der Waals surface area (Å²) in [5.41, 5.74) is 4.13. The Bertz CT molecular complexity index is 1230. The number of rotatable bonds is 5. The van der Waals surface area contributed by atoms with Gasteiger partial charge in [-0.3, -0.25) is 4.79 Å². The van der Waals surface area contributed by atoms with Crippen LogP contribution in [0.3, 0.4) is 0 Å². The zero-order chi connectivity index (χ0) is 22.2. The first-order valence-corrected chi connectivity index (χ1v) is 10.5. The average Bonchev–Trinajstić information content (AvgIpc) is 3.36. The van der Waals surface area contributed by atoms with E-state index in [1.807, 2.05) is 54.6 Å². The second-order valence-corrected chi connectivity index (χ2v) is 7.96. The lowest BCUT2D eigenvalue weighted by molar-refractivity contribution is -0.110. The molecule has 32 heavy (non-hydrogen) atoms. The summed E-state index contributed by atoms with van der Waals surface area (Å²) in [6.07, 6.45) is 0.140. The van der Waals surface area contributed by atoms with Crippen LogP contribution in [0, 0.1) is 0 Å². The predicted molar refractivity (Wildman–Crippen MR) is 122 cm³/mol.